The minimum atomic E-state index is -0.511. The van der Waals surface area contributed by atoms with Gasteiger partial charge in [-0.15, -0.1) is 0 Å². The number of piperidine rings is 1. The van der Waals surface area contributed by atoms with Gasteiger partial charge < -0.3 is 18.9 Å². The Kier molecular flexibility index (Phi) is 6.52. The second kappa shape index (κ2) is 8.91. The van der Waals surface area contributed by atoms with Gasteiger partial charge in [0.25, 0.3) is 5.91 Å². The van der Waals surface area contributed by atoms with Crippen LogP contribution in [0.1, 0.15) is 47.9 Å². The molecule has 1 atom stereocenters. The second-order valence-electron chi connectivity index (χ2n) is 7.44. The fraction of sp³-hybridized carbons (Fsp3) is 0.455. The summed E-state index contributed by atoms with van der Waals surface area (Å²) >= 11 is 6.17. The summed E-state index contributed by atoms with van der Waals surface area (Å²) in [4.78, 5) is 26.9. The molecule has 7 heteroatoms. The number of aryl methyl sites for hydroxylation is 1. The molecule has 156 valence electrons. The lowest BCUT2D eigenvalue weighted by molar-refractivity contribution is -0.137. The van der Waals surface area contributed by atoms with Crippen LogP contribution in [0.15, 0.2) is 24.3 Å². The first-order valence-corrected chi connectivity index (χ1v) is 10.2. The summed E-state index contributed by atoms with van der Waals surface area (Å²) in [5.74, 6) is -0.00962. The van der Waals surface area contributed by atoms with Crippen molar-refractivity contribution in [3.63, 3.8) is 0 Å². The van der Waals surface area contributed by atoms with Crippen molar-refractivity contribution in [1.82, 2.24) is 9.47 Å². The first kappa shape index (κ1) is 21.2. The Morgan fingerprint density at radius 2 is 1.97 bits per heavy atom. The van der Waals surface area contributed by atoms with Crippen LogP contribution in [-0.2, 0) is 9.53 Å². The number of nitrogens with zero attached hydrogens (tertiary/aromatic N) is 2. The minimum Gasteiger partial charge on any atom is -0.495 e. The number of carbonyl (C=O) groups is 2. The lowest BCUT2D eigenvalue weighted by Crippen LogP contribution is -2.44. The van der Waals surface area contributed by atoms with Gasteiger partial charge in [-0.05, 0) is 64.3 Å². The predicted molar refractivity (Wildman–Crippen MR) is 112 cm³/mol. The first-order chi connectivity index (χ1) is 13.8. The SMILES string of the molecule is COc1ccc(Cl)cc1-n1c(C)cc(C(=O)OCC(=O)N2CCCC[C@H]2C)c1C. The van der Waals surface area contributed by atoms with Gasteiger partial charge in [0.2, 0.25) is 0 Å². The third-order valence-electron chi connectivity index (χ3n) is 5.48. The van der Waals surface area contributed by atoms with Gasteiger partial charge in [-0.25, -0.2) is 4.79 Å². The zero-order valence-corrected chi connectivity index (χ0v) is 18.1. The number of hydrogen-bond donors (Lipinski definition) is 0. The monoisotopic (exact) mass is 418 g/mol. The number of aromatic nitrogens is 1. The summed E-state index contributed by atoms with van der Waals surface area (Å²) in [6.07, 6.45) is 3.11. The van der Waals surface area contributed by atoms with Crippen molar-refractivity contribution in [2.45, 2.75) is 46.1 Å². The van der Waals surface area contributed by atoms with Crippen LogP contribution in [0.3, 0.4) is 0 Å². The average Bonchev–Trinajstić information content (AvgIpc) is 3.00. The quantitative estimate of drug-likeness (QED) is 0.678. The maximum absolute atomic E-state index is 12.7. The first-order valence-electron chi connectivity index (χ1n) is 9.83. The molecule has 6 nitrogen and oxygen atoms in total. The Labute approximate surface area is 176 Å². The Morgan fingerprint density at radius 1 is 1.21 bits per heavy atom. The van der Waals surface area contributed by atoms with Gasteiger partial charge in [0.1, 0.15) is 5.75 Å². The maximum Gasteiger partial charge on any atom is 0.340 e. The molecule has 0 spiro atoms. The van der Waals surface area contributed by atoms with Crippen molar-refractivity contribution in [2.24, 2.45) is 0 Å². The molecule has 0 N–H and O–H groups in total. The maximum atomic E-state index is 12.7. The summed E-state index contributed by atoms with van der Waals surface area (Å²) in [5.41, 5.74) is 2.70. The molecule has 1 saturated heterocycles. The van der Waals surface area contributed by atoms with E-state index in [-0.39, 0.29) is 18.6 Å². The topological polar surface area (TPSA) is 60.8 Å². The van der Waals surface area contributed by atoms with Gasteiger partial charge in [-0.3, -0.25) is 4.79 Å². The molecule has 2 heterocycles. The Morgan fingerprint density at radius 3 is 2.66 bits per heavy atom. The smallest absolute Gasteiger partial charge is 0.340 e. The Hall–Kier alpha value is -2.47. The number of rotatable bonds is 5. The fourth-order valence-electron chi connectivity index (χ4n) is 3.93. The number of methoxy groups -OCH3 is 1. The van der Waals surface area contributed by atoms with Gasteiger partial charge in [0, 0.05) is 29.0 Å². The molecule has 1 aromatic carbocycles. The zero-order chi connectivity index (χ0) is 21.1. The molecule has 1 aromatic heterocycles. The molecule has 1 aliphatic rings. The van der Waals surface area contributed by atoms with E-state index in [1.165, 1.54) is 0 Å². The summed E-state index contributed by atoms with van der Waals surface area (Å²) in [5, 5.41) is 0.568. The highest BCUT2D eigenvalue weighted by Gasteiger charge is 2.25. The number of ether oxygens (including phenoxy) is 2. The predicted octanol–water partition coefficient (Wildman–Crippen LogP) is 4.31. The van der Waals surface area contributed by atoms with Gasteiger partial charge in [-0.1, -0.05) is 11.6 Å². The molecule has 0 unspecified atom stereocenters. The highest BCUT2D eigenvalue weighted by atomic mass is 35.5. The van der Waals surface area contributed by atoms with Crippen LogP contribution < -0.4 is 4.74 Å². The van der Waals surface area contributed by atoms with Crippen LogP contribution in [0.4, 0.5) is 0 Å². The summed E-state index contributed by atoms with van der Waals surface area (Å²) in [7, 11) is 1.59. The summed E-state index contributed by atoms with van der Waals surface area (Å²) in [6.45, 7) is 6.24. The number of esters is 1. The Bertz CT molecular complexity index is 922. The molecule has 1 amide bonds. The summed E-state index contributed by atoms with van der Waals surface area (Å²) in [6, 6.07) is 7.27. The van der Waals surface area contributed by atoms with E-state index in [0.29, 0.717) is 22.0 Å². The molecular formula is C22H27ClN2O4. The minimum absolute atomic E-state index is 0.143. The van der Waals surface area contributed by atoms with E-state index in [4.69, 9.17) is 21.1 Å². The average molecular weight is 419 g/mol. The van der Waals surface area contributed by atoms with E-state index < -0.39 is 5.97 Å². The van der Waals surface area contributed by atoms with Gasteiger partial charge in [0.05, 0.1) is 18.4 Å². The van der Waals surface area contributed by atoms with Crippen LogP contribution >= 0.6 is 11.6 Å². The molecule has 1 fully saturated rings. The number of likely N-dealkylation sites (tertiary alicyclic amines) is 1. The van der Waals surface area contributed by atoms with Crippen LogP contribution in [0.5, 0.6) is 5.75 Å². The lowest BCUT2D eigenvalue weighted by atomic mass is 10.0. The number of amides is 1. The van der Waals surface area contributed by atoms with E-state index in [0.717, 1.165) is 37.2 Å². The standard InChI is InChI=1S/C22H27ClN2O4/c1-14-7-5-6-10-24(14)21(26)13-29-22(27)18-11-15(2)25(16(18)3)19-12-17(23)8-9-20(19)28-4/h8-9,11-12,14H,5-7,10,13H2,1-4H3/t14-/m1/s1. The molecule has 0 bridgehead atoms. The van der Waals surface area contributed by atoms with E-state index in [1.807, 2.05) is 25.3 Å². The van der Waals surface area contributed by atoms with Crippen LogP contribution in [0.2, 0.25) is 5.02 Å². The number of hydrogen-bond acceptors (Lipinski definition) is 4. The fourth-order valence-corrected chi connectivity index (χ4v) is 4.10. The third kappa shape index (κ3) is 4.42. The molecule has 0 radical (unpaired) electrons. The van der Waals surface area contributed by atoms with Gasteiger partial charge >= 0.3 is 5.97 Å². The lowest BCUT2D eigenvalue weighted by Gasteiger charge is -2.33. The third-order valence-corrected chi connectivity index (χ3v) is 5.72. The van der Waals surface area contributed by atoms with Crippen molar-refractivity contribution in [3.8, 4) is 11.4 Å². The van der Waals surface area contributed by atoms with Crippen LogP contribution in [-0.4, -0.2) is 47.6 Å². The van der Waals surface area contributed by atoms with Gasteiger partial charge in [-0.2, -0.15) is 0 Å². The molecule has 29 heavy (non-hydrogen) atoms. The zero-order valence-electron chi connectivity index (χ0n) is 17.3. The Balaban J connectivity index is 1.78. The van der Waals surface area contributed by atoms with Crippen molar-refractivity contribution >= 4 is 23.5 Å². The van der Waals surface area contributed by atoms with E-state index >= 15 is 0 Å². The van der Waals surface area contributed by atoms with Gasteiger partial charge in [0.15, 0.2) is 6.61 Å². The second-order valence-corrected chi connectivity index (χ2v) is 7.88. The largest absolute Gasteiger partial charge is 0.495 e. The highest BCUT2D eigenvalue weighted by Crippen LogP contribution is 2.31. The number of carbonyl (C=O) groups excluding carboxylic acids is 2. The molecule has 0 saturated carbocycles. The normalized spacial score (nSPS) is 16.6. The van der Waals surface area contributed by atoms with E-state index in [1.54, 1.807) is 36.3 Å². The van der Waals surface area contributed by atoms with Crippen molar-refractivity contribution in [3.05, 3.63) is 46.2 Å². The van der Waals surface area contributed by atoms with E-state index in [2.05, 4.69) is 0 Å². The summed E-state index contributed by atoms with van der Waals surface area (Å²) < 4.78 is 12.7. The van der Waals surface area contributed by atoms with Crippen molar-refractivity contribution in [1.29, 1.82) is 0 Å². The van der Waals surface area contributed by atoms with Crippen molar-refractivity contribution in [2.75, 3.05) is 20.3 Å². The number of halogens is 1. The molecule has 1 aliphatic heterocycles. The number of benzene rings is 1. The highest BCUT2D eigenvalue weighted by molar-refractivity contribution is 6.30. The molecular weight excluding hydrogens is 392 g/mol. The van der Waals surface area contributed by atoms with Crippen LogP contribution in [0.25, 0.3) is 5.69 Å². The molecule has 2 aromatic rings. The van der Waals surface area contributed by atoms with Crippen molar-refractivity contribution < 1.29 is 19.1 Å². The molecule has 0 aliphatic carbocycles. The molecule has 3 rings (SSSR count). The van der Waals surface area contributed by atoms with Crippen LogP contribution in [0, 0.1) is 13.8 Å². The van der Waals surface area contributed by atoms with E-state index in [9.17, 15) is 9.59 Å².